The van der Waals surface area contributed by atoms with Crippen LogP contribution in [0.2, 0.25) is 0 Å². The lowest BCUT2D eigenvalue weighted by Gasteiger charge is -2.38. The fourth-order valence-corrected chi connectivity index (χ4v) is 2.91. The van der Waals surface area contributed by atoms with Crippen molar-refractivity contribution < 1.29 is 4.79 Å². The van der Waals surface area contributed by atoms with Crippen molar-refractivity contribution in [2.45, 2.75) is 25.4 Å². The second-order valence-corrected chi connectivity index (χ2v) is 6.30. The number of piperidine rings is 1. The van der Waals surface area contributed by atoms with E-state index >= 15 is 0 Å². The number of carbonyl (C=O) groups is 1. The fourth-order valence-electron chi connectivity index (χ4n) is 2.91. The lowest BCUT2D eigenvalue weighted by atomic mass is 10.0. The zero-order valence-corrected chi connectivity index (χ0v) is 14.0. The molecule has 1 unspecified atom stereocenters. The molecule has 0 radical (unpaired) electrons. The van der Waals surface area contributed by atoms with Crippen LogP contribution in [0.15, 0.2) is 23.1 Å². The summed E-state index contributed by atoms with van der Waals surface area (Å²) in [5.74, 6) is 0. The highest BCUT2D eigenvalue weighted by Gasteiger charge is 2.26. The fraction of sp³-hybridized carbons (Fsp3) is 0.625. The van der Waals surface area contributed by atoms with E-state index in [-0.39, 0.29) is 17.6 Å². The van der Waals surface area contributed by atoms with Crippen molar-refractivity contribution in [3.63, 3.8) is 0 Å². The lowest BCUT2D eigenvalue weighted by Crippen LogP contribution is -2.50. The summed E-state index contributed by atoms with van der Waals surface area (Å²) in [5, 5.41) is 0. The number of likely N-dealkylation sites (N-methyl/N-ethyl adjacent to an activating group) is 1. The maximum Gasteiger partial charge on any atom is 0.319 e. The average molecular weight is 306 g/mol. The van der Waals surface area contributed by atoms with Crippen molar-refractivity contribution in [2.24, 2.45) is 7.05 Å². The minimum Gasteiger partial charge on any atom is -0.331 e. The predicted octanol–water partition coefficient (Wildman–Crippen LogP) is 0.963. The predicted molar refractivity (Wildman–Crippen MR) is 86.8 cm³/mol. The molecule has 6 nitrogen and oxygen atoms in total. The summed E-state index contributed by atoms with van der Waals surface area (Å²) in [6.07, 6.45) is 3.91. The molecule has 1 fully saturated rings. The molecule has 1 aromatic heterocycles. The van der Waals surface area contributed by atoms with Crippen LogP contribution in [-0.2, 0) is 13.6 Å². The second kappa shape index (κ2) is 6.96. The second-order valence-electron chi connectivity index (χ2n) is 6.30. The Kier molecular flexibility index (Phi) is 5.24. The molecule has 2 amide bonds. The Labute approximate surface area is 131 Å². The van der Waals surface area contributed by atoms with Gasteiger partial charge in [0, 0.05) is 59.6 Å². The Morgan fingerprint density at radius 1 is 1.36 bits per heavy atom. The number of carbonyl (C=O) groups excluding carboxylic acids is 1. The Morgan fingerprint density at radius 3 is 2.73 bits per heavy atom. The van der Waals surface area contributed by atoms with Crippen molar-refractivity contribution in [2.75, 3.05) is 34.2 Å². The molecule has 0 spiro atoms. The van der Waals surface area contributed by atoms with Gasteiger partial charge in [-0.2, -0.15) is 0 Å². The molecule has 122 valence electrons. The number of nitrogens with zero attached hydrogens (tertiary/aromatic N) is 4. The number of hydrogen-bond acceptors (Lipinski definition) is 3. The first-order valence-electron chi connectivity index (χ1n) is 7.70. The molecule has 1 aromatic rings. The quantitative estimate of drug-likeness (QED) is 0.836. The smallest absolute Gasteiger partial charge is 0.319 e. The molecule has 1 aliphatic rings. The van der Waals surface area contributed by atoms with Crippen LogP contribution in [0.1, 0.15) is 18.4 Å². The van der Waals surface area contributed by atoms with Gasteiger partial charge < -0.3 is 14.4 Å². The summed E-state index contributed by atoms with van der Waals surface area (Å²) < 4.78 is 1.58. The third kappa shape index (κ3) is 3.88. The molecule has 1 aliphatic heterocycles. The van der Waals surface area contributed by atoms with Crippen LogP contribution in [0.25, 0.3) is 0 Å². The standard InChI is InChI=1S/C16H26N4O2/c1-17(2)16(22)19(4)14-6-5-8-20(12-14)11-13-7-9-18(3)15(21)10-13/h7,9-10,14H,5-6,8,11-12H2,1-4H3. The van der Waals surface area contributed by atoms with Crippen LogP contribution in [-0.4, -0.2) is 65.6 Å². The Bertz CT molecular complexity index is 582. The van der Waals surface area contributed by atoms with Crippen molar-refractivity contribution in [3.05, 3.63) is 34.2 Å². The van der Waals surface area contributed by atoms with Gasteiger partial charge in [0.15, 0.2) is 0 Å². The first-order valence-corrected chi connectivity index (χ1v) is 7.70. The van der Waals surface area contributed by atoms with Crippen molar-refractivity contribution in [1.82, 2.24) is 19.3 Å². The molecule has 0 aliphatic carbocycles. The van der Waals surface area contributed by atoms with Crippen molar-refractivity contribution in [3.8, 4) is 0 Å². The maximum atomic E-state index is 12.1. The van der Waals surface area contributed by atoms with Crippen LogP contribution < -0.4 is 5.56 Å². The number of urea groups is 1. The van der Waals surface area contributed by atoms with Gasteiger partial charge in [-0.05, 0) is 31.0 Å². The largest absolute Gasteiger partial charge is 0.331 e. The van der Waals surface area contributed by atoms with Gasteiger partial charge in [-0.25, -0.2) is 4.79 Å². The summed E-state index contributed by atoms with van der Waals surface area (Å²) in [5.41, 5.74) is 1.05. The number of hydrogen-bond donors (Lipinski definition) is 0. The van der Waals surface area contributed by atoms with Crippen molar-refractivity contribution in [1.29, 1.82) is 0 Å². The van der Waals surface area contributed by atoms with Gasteiger partial charge in [0.25, 0.3) is 5.56 Å². The molecule has 1 saturated heterocycles. The molecule has 22 heavy (non-hydrogen) atoms. The Balaban J connectivity index is 1.99. The Morgan fingerprint density at radius 2 is 2.09 bits per heavy atom. The lowest BCUT2D eigenvalue weighted by molar-refractivity contribution is 0.109. The number of aromatic nitrogens is 1. The van der Waals surface area contributed by atoms with Crippen LogP contribution in [0.5, 0.6) is 0 Å². The van der Waals surface area contributed by atoms with E-state index in [1.54, 1.807) is 42.9 Å². The van der Waals surface area contributed by atoms with E-state index in [0.29, 0.717) is 0 Å². The first-order chi connectivity index (χ1) is 10.4. The number of amides is 2. The zero-order chi connectivity index (χ0) is 16.3. The maximum absolute atomic E-state index is 12.1. The third-order valence-electron chi connectivity index (χ3n) is 4.29. The topological polar surface area (TPSA) is 48.8 Å². The SMILES string of the molecule is CN(C)C(=O)N(C)C1CCCN(Cc2ccn(C)c(=O)c2)C1. The minimum absolute atomic E-state index is 0.0194. The molecule has 0 bridgehead atoms. The Hall–Kier alpha value is -1.82. The average Bonchev–Trinajstić information content (AvgIpc) is 2.49. The normalized spacial score (nSPS) is 19.0. The van der Waals surface area contributed by atoms with E-state index < -0.39 is 0 Å². The highest BCUT2D eigenvalue weighted by Crippen LogP contribution is 2.17. The zero-order valence-electron chi connectivity index (χ0n) is 14.0. The van der Waals surface area contributed by atoms with E-state index in [1.165, 1.54) is 0 Å². The molecule has 6 heteroatoms. The molecule has 2 heterocycles. The summed E-state index contributed by atoms with van der Waals surface area (Å²) in [6.45, 7) is 2.62. The van der Waals surface area contributed by atoms with Crippen LogP contribution in [0.3, 0.4) is 0 Å². The van der Waals surface area contributed by atoms with Crippen LogP contribution in [0, 0.1) is 0 Å². The summed E-state index contributed by atoms with van der Waals surface area (Å²) in [7, 11) is 7.18. The third-order valence-corrected chi connectivity index (χ3v) is 4.29. The number of aryl methyl sites for hydroxylation is 1. The number of likely N-dealkylation sites (tertiary alicyclic amines) is 1. The highest BCUT2D eigenvalue weighted by atomic mass is 16.2. The van der Waals surface area contributed by atoms with Crippen LogP contribution in [0.4, 0.5) is 4.79 Å². The van der Waals surface area contributed by atoms with Crippen molar-refractivity contribution >= 4 is 6.03 Å². The molecule has 0 saturated carbocycles. The van der Waals surface area contributed by atoms with Gasteiger partial charge in [-0.3, -0.25) is 9.69 Å². The van der Waals surface area contributed by atoms with E-state index in [0.717, 1.165) is 38.0 Å². The monoisotopic (exact) mass is 306 g/mol. The molecule has 2 rings (SSSR count). The molecular weight excluding hydrogens is 280 g/mol. The van der Waals surface area contributed by atoms with Crippen LogP contribution >= 0.6 is 0 Å². The molecule has 1 atom stereocenters. The van der Waals surface area contributed by atoms with E-state index in [9.17, 15) is 9.59 Å². The van der Waals surface area contributed by atoms with E-state index in [4.69, 9.17) is 0 Å². The van der Waals surface area contributed by atoms with Gasteiger partial charge in [0.2, 0.25) is 0 Å². The van der Waals surface area contributed by atoms with E-state index in [2.05, 4.69) is 4.90 Å². The highest BCUT2D eigenvalue weighted by molar-refractivity contribution is 5.73. The molecule has 0 aromatic carbocycles. The first kappa shape index (κ1) is 16.5. The minimum atomic E-state index is 0.0194. The number of pyridine rings is 1. The van der Waals surface area contributed by atoms with Gasteiger partial charge in [-0.1, -0.05) is 0 Å². The van der Waals surface area contributed by atoms with Gasteiger partial charge in [0.1, 0.15) is 0 Å². The molecule has 0 N–H and O–H groups in total. The van der Waals surface area contributed by atoms with Gasteiger partial charge in [0.05, 0.1) is 0 Å². The van der Waals surface area contributed by atoms with Gasteiger partial charge in [-0.15, -0.1) is 0 Å². The summed E-state index contributed by atoms with van der Waals surface area (Å²) in [4.78, 5) is 29.5. The molecular formula is C16H26N4O2. The van der Waals surface area contributed by atoms with Gasteiger partial charge >= 0.3 is 6.03 Å². The number of rotatable bonds is 3. The summed E-state index contributed by atoms with van der Waals surface area (Å²) >= 11 is 0. The summed E-state index contributed by atoms with van der Waals surface area (Å²) in [6, 6.07) is 3.95. The van der Waals surface area contributed by atoms with E-state index in [1.807, 2.05) is 18.0 Å².